The molecule has 0 amide bonds. The van der Waals surface area contributed by atoms with Crippen molar-refractivity contribution >= 4 is 16.0 Å². The topological polar surface area (TPSA) is 105 Å². The first-order valence-electron chi connectivity index (χ1n) is 8.03. The smallest absolute Gasteiger partial charge is 0.242 e. The molecule has 0 aliphatic carbocycles. The van der Waals surface area contributed by atoms with Crippen LogP contribution in [-0.4, -0.2) is 46.6 Å². The monoisotopic (exact) mass is 377 g/mol. The van der Waals surface area contributed by atoms with Gasteiger partial charge in [0.25, 0.3) is 0 Å². The molecule has 2 aromatic rings. The summed E-state index contributed by atoms with van der Waals surface area (Å²) in [6.07, 6.45) is 2.83. The van der Waals surface area contributed by atoms with Gasteiger partial charge in [0.2, 0.25) is 10.0 Å². The highest BCUT2D eigenvalue weighted by molar-refractivity contribution is 7.89. The number of methoxy groups -OCH3 is 1. The largest absolute Gasteiger partial charge is 0.496 e. The number of benzene rings is 1. The highest BCUT2D eigenvalue weighted by Gasteiger charge is 2.12. The number of nitrogens with zero attached hydrogens (tertiary/aromatic N) is 2. The molecule has 0 unspecified atom stereocenters. The summed E-state index contributed by atoms with van der Waals surface area (Å²) in [7, 11) is -0.283. The predicted octanol–water partition coefficient (Wildman–Crippen LogP) is 0.734. The van der Waals surface area contributed by atoms with Crippen molar-refractivity contribution in [1.29, 1.82) is 0 Å². The first-order chi connectivity index (χ1) is 12.6. The summed E-state index contributed by atoms with van der Waals surface area (Å²) >= 11 is 0. The highest BCUT2D eigenvalue weighted by atomic mass is 32.2. The van der Waals surface area contributed by atoms with Crippen LogP contribution in [-0.2, 0) is 16.6 Å². The van der Waals surface area contributed by atoms with Crippen molar-refractivity contribution in [1.82, 2.24) is 20.3 Å². The van der Waals surface area contributed by atoms with E-state index in [0.29, 0.717) is 19.0 Å². The number of rotatable bonds is 8. The molecule has 9 heteroatoms. The standard InChI is InChI=1S/C17H23N5O3S/c1-18-17(21-12-14-6-3-4-8-16(14)25-2)20-10-11-22-26(23,24)15-7-5-9-19-13-15/h3-9,13,22H,10-12H2,1-2H3,(H2,18,20,21). The molecule has 140 valence electrons. The summed E-state index contributed by atoms with van der Waals surface area (Å²) in [6, 6.07) is 10.8. The second-order valence-electron chi connectivity index (χ2n) is 5.25. The Morgan fingerprint density at radius 1 is 1.15 bits per heavy atom. The zero-order valence-electron chi connectivity index (χ0n) is 14.8. The highest BCUT2D eigenvalue weighted by Crippen LogP contribution is 2.16. The van der Waals surface area contributed by atoms with Crippen LogP contribution in [0.2, 0.25) is 0 Å². The number of aromatic nitrogens is 1. The first-order valence-corrected chi connectivity index (χ1v) is 9.51. The maximum atomic E-state index is 12.1. The van der Waals surface area contributed by atoms with E-state index in [1.54, 1.807) is 20.2 Å². The third-order valence-electron chi connectivity index (χ3n) is 3.52. The Morgan fingerprint density at radius 3 is 2.65 bits per heavy atom. The molecule has 0 fully saturated rings. The molecule has 0 bridgehead atoms. The lowest BCUT2D eigenvalue weighted by Gasteiger charge is -2.14. The van der Waals surface area contributed by atoms with Gasteiger partial charge in [-0.3, -0.25) is 9.98 Å². The summed E-state index contributed by atoms with van der Waals surface area (Å²) in [4.78, 5) is 8.07. The van der Waals surface area contributed by atoms with Gasteiger partial charge < -0.3 is 15.4 Å². The van der Waals surface area contributed by atoms with Gasteiger partial charge in [-0.2, -0.15) is 0 Å². The summed E-state index contributed by atoms with van der Waals surface area (Å²) in [6.45, 7) is 1.13. The summed E-state index contributed by atoms with van der Waals surface area (Å²) < 4.78 is 32.0. The second kappa shape index (κ2) is 9.73. The Hall–Kier alpha value is -2.65. The molecule has 0 aliphatic heterocycles. The fraction of sp³-hybridized carbons (Fsp3) is 0.294. The van der Waals surface area contributed by atoms with E-state index in [2.05, 4.69) is 25.3 Å². The van der Waals surface area contributed by atoms with Crippen LogP contribution in [0.25, 0.3) is 0 Å². The van der Waals surface area contributed by atoms with Gasteiger partial charge in [0.15, 0.2) is 5.96 Å². The molecule has 1 heterocycles. The minimum Gasteiger partial charge on any atom is -0.496 e. The van der Waals surface area contributed by atoms with Crippen LogP contribution in [0.4, 0.5) is 0 Å². The van der Waals surface area contributed by atoms with E-state index in [0.717, 1.165) is 11.3 Å². The average molecular weight is 377 g/mol. The number of aliphatic imine (C=N–C) groups is 1. The molecule has 0 radical (unpaired) electrons. The number of guanidine groups is 1. The molecule has 1 aromatic carbocycles. The Balaban J connectivity index is 1.79. The van der Waals surface area contributed by atoms with E-state index in [4.69, 9.17) is 4.74 Å². The molecule has 0 atom stereocenters. The molecular formula is C17H23N5O3S. The van der Waals surface area contributed by atoms with Gasteiger partial charge in [-0.25, -0.2) is 13.1 Å². The summed E-state index contributed by atoms with van der Waals surface area (Å²) in [5.41, 5.74) is 0.996. The fourth-order valence-corrected chi connectivity index (χ4v) is 3.20. The Morgan fingerprint density at radius 2 is 1.96 bits per heavy atom. The summed E-state index contributed by atoms with van der Waals surface area (Å²) in [5.74, 6) is 1.36. The van der Waals surface area contributed by atoms with Crippen LogP contribution in [0.5, 0.6) is 5.75 Å². The lowest BCUT2D eigenvalue weighted by molar-refractivity contribution is 0.409. The predicted molar refractivity (Wildman–Crippen MR) is 101 cm³/mol. The zero-order chi connectivity index (χ0) is 18.8. The normalized spacial score (nSPS) is 11.8. The zero-order valence-corrected chi connectivity index (χ0v) is 15.6. The van der Waals surface area contributed by atoms with Crippen LogP contribution >= 0.6 is 0 Å². The van der Waals surface area contributed by atoms with Crippen molar-refractivity contribution in [3.63, 3.8) is 0 Å². The van der Waals surface area contributed by atoms with Gasteiger partial charge in [0, 0.05) is 44.6 Å². The van der Waals surface area contributed by atoms with E-state index >= 15 is 0 Å². The molecular weight excluding hydrogens is 354 g/mol. The van der Waals surface area contributed by atoms with Crippen molar-refractivity contribution < 1.29 is 13.2 Å². The number of pyridine rings is 1. The minimum atomic E-state index is -3.56. The van der Waals surface area contributed by atoms with Crippen LogP contribution in [0, 0.1) is 0 Å². The van der Waals surface area contributed by atoms with E-state index in [9.17, 15) is 8.42 Å². The molecule has 0 saturated carbocycles. The van der Waals surface area contributed by atoms with Crippen LogP contribution in [0.3, 0.4) is 0 Å². The molecule has 0 aliphatic rings. The molecule has 26 heavy (non-hydrogen) atoms. The molecule has 1 aromatic heterocycles. The number of hydrogen-bond acceptors (Lipinski definition) is 5. The number of sulfonamides is 1. The fourth-order valence-electron chi connectivity index (χ4n) is 2.20. The molecule has 8 nitrogen and oxygen atoms in total. The number of hydrogen-bond donors (Lipinski definition) is 3. The second-order valence-corrected chi connectivity index (χ2v) is 7.02. The number of ether oxygens (including phenoxy) is 1. The van der Waals surface area contributed by atoms with Gasteiger partial charge in [-0.05, 0) is 18.2 Å². The van der Waals surface area contributed by atoms with Gasteiger partial charge in [-0.1, -0.05) is 18.2 Å². The van der Waals surface area contributed by atoms with Crippen molar-refractivity contribution in [2.75, 3.05) is 27.2 Å². The van der Waals surface area contributed by atoms with Crippen molar-refractivity contribution in [2.24, 2.45) is 4.99 Å². The Labute approximate surface area is 153 Å². The maximum absolute atomic E-state index is 12.1. The van der Waals surface area contributed by atoms with Gasteiger partial charge in [0.05, 0.1) is 7.11 Å². The molecule has 0 saturated heterocycles. The lowest BCUT2D eigenvalue weighted by atomic mass is 10.2. The minimum absolute atomic E-state index is 0.138. The van der Waals surface area contributed by atoms with E-state index in [1.165, 1.54) is 18.5 Å². The van der Waals surface area contributed by atoms with Gasteiger partial charge in [0.1, 0.15) is 10.6 Å². The Bertz CT molecular complexity index is 825. The van der Waals surface area contributed by atoms with Crippen molar-refractivity contribution in [2.45, 2.75) is 11.4 Å². The van der Waals surface area contributed by atoms with E-state index in [-0.39, 0.29) is 11.4 Å². The molecule has 2 rings (SSSR count). The lowest BCUT2D eigenvalue weighted by Crippen LogP contribution is -2.41. The third-order valence-corrected chi connectivity index (χ3v) is 4.96. The maximum Gasteiger partial charge on any atom is 0.242 e. The van der Waals surface area contributed by atoms with Crippen molar-refractivity contribution in [3.8, 4) is 5.75 Å². The van der Waals surface area contributed by atoms with E-state index < -0.39 is 10.0 Å². The average Bonchev–Trinajstić information content (AvgIpc) is 2.68. The summed E-state index contributed by atoms with van der Waals surface area (Å²) in [5, 5.41) is 6.22. The SMILES string of the molecule is CN=C(NCCNS(=O)(=O)c1cccnc1)NCc1ccccc1OC. The van der Waals surface area contributed by atoms with Gasteiger partial charge in [-0.15, -0.1) is 0 Å². The van der Waals surface area contributed by atoms with E-state index in [1.807, 2.05) is 24.3 Å². The number of nitrogens with one attached hydrogen (secondary N) is 3. The molecule has 0 spiro atoms. The quantitative estimate of drug-likeness (QED) is 0.356. The van der Waals surface area contributed by atoms with Crippen LogP contribution < -0.4 is 20.1 Å². The first kappa shape index (κ1) is 19.7. The van der Waals surface area contributed by atoms with Crippen LogP contribution in [0.15, 0.2) is 58.7 Å². The number of para-hydroxylation sites is 1. The van der Waals surface area contributed by atoms with Crippen LogP contribution in [0.1, 0.15) is 5.56 Å². The Kier molecular flexibility index (Phi) is 7.37. The molecule has 3 N–H and O–H groups in total. The third kappa shape index (κ3) is 5.71. The van der Waals surface area contributed by atoms with Gasteiger partial charge >= 0.3 is 0 Å². The van der Waals surface area contributed by atoms with Crippen molar-refractivity contribution in [3.05, 3.63) is 54.4 Å².